The third-order valence-electron chi connectivity index (χ3n) is 6.33. The van der Waals surface area contributed by atoms with Crippen LogP contribution < -0.4 is 19.7 Å². The standard InChI is InChI=1S/C28H29N3O5/c1-19-9-8-12-22(15-19)30(17-20-10-6-5-7-11-20)25(32)18-31-26(33)28(2,29-27(31)34)21-13-14-23(35-3)24(16-21)36-4/h5-16H,17-18H2,1-4H3,(H,29,34)/t28-/m1/s1. The Balaban J connectivity index is 1.61. The fourth-order valence-electron chi connectivity index (χ4n) is 4.29. The number of anilines is 1. The number of nitrogens with one attached hydrogen (secondary N) is 1. The van der Waals surface area contributed by atoms with Crippen LogP contribution in [0.15, 0.2) is 72.8 Å². The summed E-state index contributed by atoms with van der Waals surface area (Å²) >= 11 is 0. The number of urea groups is 1. The SMILES string of the molecule is COc1ccc([C@@]2(C)NC(=O)N(CC(=O)N(Cc3ccccc3)c3cccc(C)c3)C2=O)cc1OC. The van der Waals surface area contributed by atoms with Gasteiger partial charge in [0.2, 0.25) is 5.91 Å². The molecule has 1 saturated heterocycles. The Morgan fingerprint density at radius 2 is 1.67 bits per heavy atom. The van der Waals surface area contributed by atoms with Crippen LogP contribution in [0.4, 0.5) is 10.5 Å². The van der Waals surface area contributed by atoms with Gasteiger partial charge >= 0.3 is 6.03 Å². The molecule has 0 aromatic heterocycles. The van der Waals surface area contributed by atoms with Gasteiger partial charge in [-0.15, -0.1) is 0 Å². The van der Waals surface area contributed by atoms with Crippen LogP contribution in [-0.4, -0.2) is 43.5 Å². The normalized spacial score (nSPS) is 17.1. The van der Waals surface area contributed by atoms with Crippen molar-refractivity contribution in [2.75, 3.05) is 25.7 Å². The number of ether oxygens (including phenoxy) is 2. The van der Waals surface area contributed by atoms with Gasteiger partial charge in [-0.2, -0.15) is 0 Å². The number of carbonyl (C=O) groups excluding carboxylic acids is 3. The number of hydrogen-bond donors (Lipinski definition) is 1. The van der Waals surface area contributed by atoms with Crippen molar-refractivity contribution in [3.05, 3.63) is 89.5 Å². The topological polar surface area (TPSA) is 88.2 Å². The maximum Gasteiger partial charge on any atom is 0.325 e. The maximum absolute atomic E-state index is 13.6. The van der Waals surface area contributed by atoms with Gasteiger partial charge in [0, 0.05) is 5.69 Å². The second-order valence-corrected chi connectivity index (χ2v) is 8.82. The van der Waals surface area contributed by atoms with E-state index in [1.165, 1.54) is 14.2 Å². The van der Waals surface area contributed by atoms with E-state index in [4.69, 9.17) is 9.47 Å². The van der Waals surface area contributed by atoms with E-state index in [0.29, 0.717) is 29.3 Å². The van der Waals surface area contributed by atoms with E-state index in [0.717, 1.165) is 16.0 Å². The molecule has 1 N–H and O–H groups in total. The number of methoxy groups -OCH3 is 2. The molecular weight excluding hydrogens is 458 g/mol. The highest BCUT2D eigenvalue weighted by Crippen LogP contribution is 2.35. The summed E-state index contributed by atoms with van der Waals surface area (Å²) in [6.07, 6.45) is 0. The summed E-state index contributed by atoms with van der Waals surface area (Å²) in [7, 11) is 3.01. The van der Waals surface area contributed by atoms with Crippen LogP contribution >= 0.6 is 0 Å². The molecule has 8 nitrogen and oxygen atoms in total. The Morgan fingerprint density at radius 1 is 0.944 bits per heavy atom. The van der Waals surface area contributed by atoms with Crippen molar-refractivity contribution in [3.8, 4) is 11.5 Å². The Labute approximate surface area is 210 Å². The van der Waals surface area contributed by atoms with Crippen molar-refractivity contribution in [1.82, 2.24) is 10.2 Å². The van der Waals surface area contributed by atoms with Gasteiger partial charge in [0.1, 0.15) is 12.1 Å². The zero-order chi connectivity index (χ0) is 25.9. The van der Waals surface area contributed by atoms with E-state index in [9.17, 15) is 14.4 Å². The second kappa shape index (κ2) is 10.1. The molecule has 0 unspecified atom stereocenters. The number of hydrogen-bond acceptors (Lipinski definition) is 5. The van der Waals surface area contributed by atoms with Crippen molar-refractivity contribution >= 4 is 23.5 Å². The zero-order valence-corrected chi connectivity index (χ0v) is 20.8. The molecule has 4 rings (SSSR count). The van der Waals surface area contributed by atoms with Gasteiger partial charge < -0.3 is 19.7 Å². The van der Waals surface area contributed by atoms with E-state index in [-0.39, 0.29) is 5.91 Å². The monoisotopic (exact) mass is 487 g/mol. The highest BCUT2D eigenvalue weighted by molar-refractivity contribution is 6.10. The molecule has 0 spiro atoms. The predicted octanol–water partition coefficient (Wildman–Crippen LogP) is 4.01. The van der Waals surface area contributed by atoms with Crippen LogP contribution in [0.5, 0.6) is 11.5 Å². The van der Waals surface area contributed by atoms with E-state index < -0.39 is 24.0 Å². The lowest BCUT2D eigenvalue weighted by molar-refractivity contribution is -0.134. The van der Waals surface area contributed by atoms with Crippen LogP contribution in [0, 0.1) is 6.92 Å². The van der Waals surface area contributed by atoms with Gasteiger partial charge in [-0.1, -0.05) is 48.5 Å². The Kier molecular flexibility index (Phi) is 6.96. The molecule has 4 amide bonds. The molecule has 1 fully saturated rings. The van der Waals surface area contributed by atoms with Crippen LogP contribution in [0.2, 0.25) is 0 Å². The van der Waals surface area contributed by atoms with Gasteiger partial charge in [0.25, 0.3) is 5.91 Å². The molecule has 1 atom stereocenters. The summed E-state index contributed by atoms with van der Waals surface area (Å²) in [6, 6.07) is 21.5. The number of carbonyl (C=O) groups is 3. The molecule has 0 radical (unpaired) electrons. The third-order valence-corrected chi connectivity index (χ3v) is 6.33. The molecule has 3 aromatic rings. The summed E-state index contributed by atoms with van der Waals surface area (Å²) in [5, 5.41) is 2.75. The molecule has 186 valence electrons. The van der Waals surface area contributed by atoms with Crippen molar-refractivity contribution in [1.29, 1.82) is 0 Å². The predicted molar refractivity (Wildman–Crippen MR) is 136 cm³/mol. The molecule has 1 aliphatic rings. The Bertz CT molecular complexity index is 1290. The summed E-state index contributed by atoms with van der Waals surface area (Å²) in [6.45, 7) is 3.47. The largest absolute Gasteiger partial charge is 0.493 e. The molecule has 0 bridgehead atoms. The van der Waals surface area contributed by atoms with E-state index >= 15 is 0 Å². The first-order valence-corrected chi connectivity index (χ1v) is 11.5. The molecule has 0 aliphatic carbocycles. The van der Waals surface area contributed by atoms with Gasteiger partial charge in [-0.3, -0.25) is 14.5 Å². The minimum absolute atomic E-state index is 0.305. The fourth-order valence-corrected chi connectivity index (χ4v) is 4.29. The average Bonchev–Trinajstić information content (AvgIpc) is 3.11. The summed E-state index contributed by atoms with van der Waals surface area (Å²) in [4.78, 5) is 42.5. The lowest BCUT2D eigenvalue weighted by atomic mass is 9.91. The lowest BCUT2D eigenvalue weighted by Crippen LogP contribution is -2.44. The van der Waals surface area contributed by atoms with Crippen LogP contribution in [0.25, 0.3) is 0 Å². The number of aryl methyl sites for hydroxylation is 1. The minimum Gasteiger partial charge on any atom is -0.493 e. The van der Waals surface area contributed by atoms with Gasteiger partial charge in [0.05, 0.1) is 20.8 Å². The smallest absolute Gasteiger partial charge is 0.325 e. The van der Waals surface area contributed by atoms with Crippen molar-refractivity contribution in [2.45, 2.75) is 25.9 Å². The highest BCUT2D eigenvalue weighted by Gasteiger charge is 2.50. The van der Waals surface area contributed by atoms with Crippen LogP contribution in [-0.2, 0) is 21.7 Å². The van der Waals surface area contributed by atoms with Crippen molar-refractivity contribution in [3.63, 3.8) is 0 Å². The van der Waals surface area contributed by atoms with Crippen molar-refractivity contribution < 1.29 is 23.9 Å². The fraction of sp³-hybridized carbons (Fsp3) is 0.250. The van der Waals surface area contributed by atoms with E-state index in [2.05, 4.69) is 5.32 Å². The Morgan fingerprint density at radius 3 is 2.33 bits per heavy atom. The average molecular weight is 488 g/mol. The van der Waals surface area contributed by atoms with Gasteiger partial charge in [-0.25, -0.2) is 4.79 Å². The second-order valence-electron chi connectivity index (χ2n) is 8.82. The van der Waals surface area contributed by atoms with Crippen LogP contribution in [0.1, 0.15) is 23.6 Å². The number of imide groups is 1. The van der Waals surface area contributed by atoms with E-state index in [1.807, 2.05) is 61.5 Å². The molecule has 1 aliphatic heterocycles. The van der Waals surface area contributed by atoms with E-state index in [1.54, 1.807) is 30.0 Å². The molecule has 0 saturated carbocycles. The first kappa shape index (κ1) is 24.8. The highest BCUT2D eigenvalue weighted by atomic mass is 16.5. The third kappa shape index (κ3) is 4.75. The lowest BCUT2D eigenvalue weighted by Gasteiger charge is -2.26. The minimum atomic E-state index is -1.36. The molecular formula is C28H29N3O5. The number of nitrogens with zero attached hydrogens (tertiary/aromatic N) is 2. The Hall–Kier alpha value is -4.33. The first-order valence-electron chi connectivity index (χ1n) is 11.5. The maximum atomic E-state index is 13.6. The zero-order valence-electron chi connectivity index (χ0n) is 20.8. The van der Waals surface area contributed by atoms with Crippen LogP contribution in [0.3, 0.4) is 0 Å². The van der Waals surface area contributed by atoms with Gasteiger partial charge in [-0.05, 0) is 54.8 Å². The molecule has 36 heavy (non-hydrogen) atoms. The number of amides is 4. The van der Waals surface area contributed by atoms with Crippen molar-refractivity contribution in [2.24, 2.45) is 0 Å². The molecule has 8 heteroatoms. The first-order chi connectivity index (χ1) is 17.3. The number of benzene rings is 3. The number of rotatable bonds is 8. The summed E-state index contributed by atoms with van der Waals surface area (Å²) in [5.74, 6) is 0.0473. The summed E-state index contributed by atoms with van der Waals surface area (Å²) < 4.78 is 10.6. The molecule has 3 aromatic carbocycles. The molecule has 1 heterocycles. The van der Waals surface area contributed by atoms with Gasteiger partial charge in [0.15, 0.2) is 11.5 Å². The quantitative estimate of drug-likeness (QED) is 0.485. The summed E-state index contributed by atoms with van der Waals surface area (Å²) in [5.41, 5.74) is 1.78.